The Kier molecular flexibility index (Phi) is 6.56. The second-order valence-electron chi connectivity index (χ2n) is 6.83. The van der Waals surface area contributed by atoms with Crippen LogP contribution in [0.25, 0.3) is 0 Å². The molecule has 152 valence electrons. The summed E-state index contributed by atoms with van der Waals surface area (Å²) in [5, 5.41) is 5.89. The number of anilines is 1. The Morgan fingerprint density at radius 3 is 2.75 bits per heavy atom. The average Bonchev–Trinajstić information content (AvgIpc) is 3.05. The lowest BCUT2D eigenvalue weighted by atomic mass is 9.95. The molecule has 0 bridgehead atoms. The van der Waals surface area contributed by atoms with Gasteiger partial charge in [0.2, 0.25) is 5.91 Å². The van der Waals surface area contributed by atoms with Gasteiger partial charge >= 0.3 is 6.18 Å². The number of carbonyl (C=O) groups excluding carboxylic acids is 1. The molecule has 0 spiro atoms. The summed E-state index contributed by atoms with van der Waals surface area (Å²) in [5.41, 5.74) is 1.49. The first-order valence-corrected chi connectivity index (χ1v) is 9.90. The number of benzene rings is 1. The third kappa shape index (κ3) is 6.20. The minimum Gasteiger partial charge on any atom is -0.484 e. The van der Waals surface area contributed by atoms with E-state index in [2.05, 4.69) is 20.6 Å². The molecule has 0 aliphatic carbocycles. The van der Waals surface area contributed by atoms with Crippen LogP contribution in [0.2, 0.25) is 0 Å². The molecule has 1 fully saturated rings. The van der Waals surface area contributed by atoms with Gasteiger partial charge in [-0.25, -0.2) is 4.98 Å². The maximum atomic E-state index is 12.5. The lowest BCUT2D eigenvalue weighted by Gasteiger charge is -2.30. The maximum Gasteiger partial charge on any atom is 0.422 e. The van der Waals surface area contributed by atoms with Crippen molar-refractivity contribution >= 4 is 22.9 Å². The third-order valence-electron chi connectivity index (χ3n) is 4.51. The van der Waals surface area contributed by atoms with E-state index < -0.39 is 12.8 Å². The quantitative estimate of drug-likeness (QED) is 0.770. The molecule has 1 aliphatic rings. The maximum absolute atomic E-state index is 12.5. The fourth-order valence-corrected chi connectivity index (χ4v) is 3.74. The molecule has 0 atom stereocenters. The number of carbonyl (C=O) groups is 1. The molecule has 0 saturated carbocycles. The number of aromatic nitrogens is 1. The van der Waals surface area contributed by atoms with Crippen molar-refractivity contribution in [3.63, 3.8) is 0 Å². The number of amides is 1. The van der Waals surface area contributed by atoms with Crippen LogP contribution in [0.3, 0.4) is 0 Å². The van der Waals surface area contributed by atoms with Crippen molar-refractivity contribution in [1.29, 1.82) is 0 Å². The standard InChI is InChI=1S/C19H22F3N3O2S/c1-13-23-16(11-28-13)10-25-7-5-14(6-8-25)18(26)24-15-3-2-4-17(9-15)27-12-19(20,21)22/h2-4,9,11,14H,5-8,10,12H2,1H3,(H,24,26). The fraction of sp³-hybridized carbons (Fsp3) is 0.474. The number of nitrogens with one attached hydrogen (secondary N) is 1. The number of hydrogen-bond donors (Lipinski definition) is 1. The predicted molar refractivity (Wildman–Crippen MR) is 101 cm³/mol. The van der Waals surface area contributed by atoms with Crippen molar-refractivity contribution in [3.05, 3.63) is 40.3 Å². The Morgan fingerprint density at radius 1 is 1.36 bits per heavy atom. The van der Waals surface area contributed by atoms with Gasteiger partial charge in [0, 0.05) is 29.6 Å². The summed E-state index contributed by atoms with van der Waals surface area (Å²) in [6.45, 7) is 3.03. The highest BCUT2D eigenvalue weighted by atomic mass is 32.1. The number of rotatable bonds is 6. The largest absolute Gasteiger partial charge is 0.484 e. The van der Waals surface area contributed by atoms with Gasteiger partial charge in [-0.2, -0.15) is 13.2 Å². The topological polar surface area (TPSA) is 54.5 Å². The number of halogens is 3. The average molecular weight is 413 g/mol. The molecule has 2 heterocycles. The highest BCUT2D eigenvalue weighted by Crippen LogP contribution is 2.24. The molecule has 1 aliphatic heterocycles. The van der Waals surface area contributed by atoms with Gasteiger partial charge in [-0.15, -0.1) is 11.3 Å². The molecule has 1 aromatic carbocycles. The number of nitrogens with zero attached hydrogens (tertiary/aromatic N) is 2. The van der Waals surface area contributed by atoms with E-state index in [9.17, 15) is 18.0 Å². The van der Waals surface area contributed by atoms with Crippen molar-refractivity contribution in [2.45, 2.75) is 32.5 Å². The molecule has 0 unspecified atom stereocenters. The molecule has 1 saturated heterocycles. The van der Waals surface area contributed by atoms with Crippen LogP contribution in [-0.4, -0.2) is 41.7 Å². The number of aryl methyl sites for hydroxylation is 1. The van der Waals surface area contributed by atoms with Crippen LogP contribution >= 0.6 is 11.3 Å². The van der Waals surface area contributed by atoms with Crippen LogP contribution in [0, 0.1) is 12.8 Å². The Morgan fingerprint density at radius 2 is 2.11 bits per heavy atom. The smallest absolute Gasteiger partial charge is 0.422 e. The van der Waals surface area contributed by atoms with Crippen molar-refractivity contribution in [1.82, 2.24) is 9.88 Å². The Balaban J connectivity index is 1.47. The summed E-state index contributed by atoms with van der Waals surface area (Å²) in [6.07, 6.45) is -2.93. The van der Waals surface area contributed by atoms with E-state index in [-0.39, 0.29) is 17.6 Å². The van der Waals surface area contributed by atoms with E-state index >= 15 is 0 Å². The van der Waals surface area contributed by atoms with Crippen molar-refractivity contribution in [2.75, 3.05) is 25.0 Å². The van der Waals surface area contributed by atoms with Crippen LogP contribution in [0.4, 0.5) is 18.9 Å². The number of alkyl halides is 3. The van der Waals surface area contributed by atoms with Crippen LogP contribution < -0.4 is 10.1 Å². The lowest BCUT2D eigenvalue weighted by molar-refractivity contribution is -0.153. The molecule has 1 amide bonds. The summed E-state index contributed by atoms with van der Waals surface area (Å²) in [5.74, 6) is -0.159. The second-order valence-corrected chi connectivity index (χ2v) is 7.89. The molecular formula is C19H22F3N3O2S. The minimum absolute atomic E-state index is 0.0727. The van der Waals surface area contributed by atoms with Gasteiger partial charge in [-0.3, -0.25) is 9.69 Å². The van der Waals surface area contributed by atoms with Gasteiger partial charge in [-0.05, 0) is 45.0 Å². The number of ether oxygens (including phenoxy) is 1. The normalized spacial score (nSPS) is 16.1. The zero-order valence-corrected chi connectivity index (χ0v) is 16.3. The number of hydrogen-bond acceptors (Lipinski definition) is 5. The minimum atomic E-state index is -4.40. The van der Waals surface area contributed by atoms with E-state index in [0.29, 0.717) is 5.69 Å². The van der Waals surface area contributed by atoms with E-state index in [1.54, 1.807) is 23.5 Å². The van der Waals surface area contributed by atoms with Crippen LogP contribution in [0.1, 0.15) is 23.5 Å². The first-order chi connectivity index (χ1) is 13.3. The van der Waals surface area contributed by atoms with Gasteiger partial charge in [0.25, 0.3) is 0 Å². The SMILES string of the molecule is Cc1nc(CN2CCC(C(=O)Nc3cccc(OCC(F)(F)F)c3)CC2)cs1. The van der Waals surface area contributed by atoms with Gasteiger partial charge in [0.15, 0.2) is 6.61 Å². The lowest BCUT2D eigenvalue weighted by Crippen LogP contribution is -2.37. The fourth-order valence-electron chi connectivity index (χ4n) is 3.14. The first-order valence-electron chi connectivity index (χ1n) is 9.02. The van der Waals surface area contributed by atoms with E-state index in [4.69, 9.17) is 4.74 Å². The Hall–Kier alpha value is -2.13. The Bertz CT molecular complexity index is 802. The molecule has 1 aromatic heterocycles. The number of thiazole rings is 1. The molecule has 9 heteroatoms. The summed E-state index contributed by atoms with van der Waals surface area (Å²) in [6, 6.07) is 6.03. The zero-order chi connectivity index (χ0) is 20.1. The zero-order valence-electron chi connectivity index (χ0n) is 15.5. The van der Waals surface area contributed by atoms with Gasteiger partial charge in [-0.1, -0.05) is 6.07 Å². The summed E-state index contributed by atoms with van der Waals surface area (Å²) < 4.78 is 41.5. The van der Waals surface area contributed by atoms with Gasteiger partial charge < -0.3 is 10.1 Å². The van der Waals surface area contributed by atoms with Gasteiger partial charge in [0.05, 0.1) is 10.7 Å². The molecule has 2 aromatic rings. The molecule has 28 heavy (non-hydrogen) atoms. The predicted octanol–water partition coefficient (Wildman–Crippen LogP) is 4.24. The molecule has 1 N–H and O–H groups in total. The molecule has 0 radical (unpaired) electrons. The Labute approximate surface area is 165 Å². The first kappa shape index (κ1) is 20.6. The van der Waals surface area contributed by atoms with Crippen LogP contribution in [0.15, 0.2) is 29.6 Å². The highest BCUT2D eigenvalue weighted by molar-refractivity contribution is 7.09. The monoisotopic (exact) mass is 413 g/mol. The van der Waals surface area contributed by atoms with E-state index in [0.717, 1.165) is 43.2 Å². The van der Waals surface area contributed by atoms with E-state index in [1.807, 2.05) is 6.92 Å². The highest BCUT2D eigenvalue weighted by Gasteiger charge is 2.28. The summed E-state index contributed by atoms with van der Waals surface area (Å²) in [7, 11) is 0. The summed E-state index contributed by atoms with van der Waals surface area (Å²) in [4.78, 5) is 19.3. The van der Waals surface area contributed by atoms with E-state index in [1.165, 1.54) is 12.1 Å². The van der Waals surface area contributed by atoms with Crippen LogP contribution in [-0.2, 0) is 11.3 Å². The third-order valence-corrected chi connectivity index (χ3v) is 5.34. The van der Waals surface area contributed by atoms with Crippen LogP contribution in [0.5, 0.6) is 5.75 Å². The van der Waals surface area contributed by atoms with Crippen molar-refractivity contribution in [2.24, 2.45) is 5.92 Å². The van der Waals surface area contributed by atoms with Gasteiger partial charge in [0.1, 0.15) is 5.75 Å². The number of likely N-dealkylation sites (tertiary alicyclic amines) is 1. The second kappa shape index (κ2) is 8.91. The summed E-state index contributed by atoms with van der Waals surface area (Å²) >= 11 is 1.63. The van der Waals surface area contributed by atoms with Crippen molar-refractivity contribution in [3.8, 4) is 5.75 Å². The van der Waals surface area contributed by atoms with Crippen molar-refractivity contribution < 1.29 is 22.7 Å². The molecular weight excluding hydrogens is 391 g/mol. The molecule has 3 rings (SSSR count). The number of piperidine rings is 1. The molecule has 5 nitrogen and oxygen atoms in total.